The highest BCUT2D eigenvalue weighted by Gasteiger charge is 2.51. The van der Waals surface area contributed by atoms with E-state index in [2.05, 4.69) is 10.9 Å². The Kier molecular flexibility index (Phi) is 2.63. The second kappa shape index (κ2) is 3.83. The quantitative estimate of drug-likeness (QED) is 0.761. The SMILES string of the molecule is CNNC(=O)C1(c2ccc(F)c(F)c2)CC1. The van der Waals surface area contributed by atoms with Crippen LogP contribution in [0.3, 0.4) is 0 Å². The smallest absolute Gasteiger partial charge is 0.244 e. The van der Waals surface area contributed by atoms with Crippen molar-refractivity contribution in [3.8, 4) is 0 Å². The average Bonchev–Trinajstić information content (AvgIpc) is 3.03. The summed E-state index contributed by atoms with van der Waals surface area (Å²) in [4.78, 5) is 11.7. The lowest BCUT2D eigenvalue weighted by Crippen LogP contribution is -2.41. The van der Waals surface area contributed by atoms with E-state index in [-0.39, 0.29) is 5.91 Å². The highest BCUT2D eigenvalue weighted by atomic mass is 19.2. The Hall–Kier alpha value is -1.49. The molecule has 1 amide bonds. The van der Waals surface area contributed by atoms with E-state index in [4.69, 9.17) is 0 Å². The van der Waals surface area contributed by atoms with Crippen LogP contribution in [0.4, 0.5) is 8.78 Å². The minimum atomic E-state index is -0.916. The van der Waals surface area contributed by atoms with E-state index < -0.39 is 17.0 Å². The van der Waals surface area contributed by atoms with Crippen molar-refractivity contribution in [2.45, 2.75) is 18.3 Å². The van der Waals surface area contributed by atoms with E-state index in [0.29, 0.717) is 18.4 Å². The molecule has 1 aromatic carbocycles. The van der Waals surface area contributed by atoms with Crippen molar-refractivity contribution < 1.29 is 13.6 Å². The molecule has 0 saturated heterocycles. The van der Waals surface area contributed by atoms with Crippen LogP contribution in [-0.2, 0) is 10.2 Å². The van der Waals surface area contributed by atoms with Crippen molar-refractivity contribution in [1.82, 2.24) is 10.9 Å². The first-order chi connectivity index (χ1) is 7.60. The molecule has 1 saturated carbocycles. The number of halogens is 2. The molecule has 86 valence electrons. The molecule has 0 aromatic heterocycles. The van der Waals surface area contributed by atoms with Crippen LogP contribution in [0.15, 0.2) is 18.2 Å². The highest BCUT2D eigenvalue weighted by molar-refractivity contribution is 5.90. The summed E-state index contributed by atoms with van der Waals surface area (Å²) in [6.45, 7) is 0. The van der Waals surface area contributed by atoms with Crippen LogP contribution in [-0.4, -0.2) is 13.0 Å². The number of hydrogen-bond acceptors (Lipinski definition) is 2. The van der Waals surface area contributed by atoms with Crippen molar-refractivity contribution in [2.24, 2.45) is 0 Å². The van der Waals surface area contributed by atoms with E-state index in [1.54, 1.807) is 7.05 Å². The zero-order valence-corrected chi connectivity index (χ0v) is 8.81. The van der Waals surface area contributed by atoms with Gasteiger partial charge in [-0.2, -0.15) is 0 Å². The lowest BCUT2D eigenvalue weighted by molar-refractivity contribution is -0.124. The molecule has 2 N–H and O–H groups in total. The van der Waals surface area contributed by atoms with Crippen molar-refractivity contribution in [3.63, 3.8) is 0 Å². The summed E-state index contributed by atoms with van der Waals surface area (Å²) in [5.41, 5.74) is 4.86. The second-order valence-electron chi connectivity index (χ2n) is 3.92. The maximum Gasteiger partial charge on any atom is 0.244 e. The van der Waals surface area contributed by atoms with E-state index >= 15 is 0 Å². The van der Waals surface area contributed by atoms with Gasteiger partial charge in [0, 0.05) is 7.05 Å². The Bertz CT molecular complexity index is 430. The third kappa shape index (κ3) is 1.67. The molecular weight excluding hydrogens is 214 g/mol. The minimum Gasteiger partial charge on any atom is -0.291 e. The minimum absolute atomic E-state index is 0.207. The first-order valence-corrected chi connectivity index (χ1v) is 5.03. The highest BCUT2D eigenvalue weighted by Crippen LogP contribution is 2.48. The van der Waals surface area contributed by atoms with Gasteiger partial charge >= 0.3 is 0 Å². The summed E-state index contributed by atoms with van der Waals surface area (Å²) in [6.07, 6.45) is 1.32. The van der Waals surface area contributed by atoms with Gasteiger partial charge in [0.25, 0.3) is 0 Å². The van der Waals surface area contributed by atoms with Crippen LogP contribution in [0.25, 0.3) is 0 Å². The van der Waals surface area contributed by atoms with Gasteiger partial charge in [0.15, 0.2) is 11.6 Å². The van der Waals surface area contributed by atoms with E-state index in [1.165, 1.54) is 6.07 Å². The number of hydrazine groups is 1. The maximum absolute atomic E-state index is 13.1. The number of hydrogen-bond donors (Lipinski definition) is 2. The lowest BCUT2D eigenvalue weighted by atomic mass is 9.95. The average molecular weight is 226 g/mol. The normalized spacial score (nSPS) is 16.9. The summed E-state index contributed by atoms with van der Waals surface area (Å²) >= 11 is 0. The van der Waals surface area contributed by atoms with Crippen molar-refractivity contribution >= 4 is 5.91 Å². The molecule has 5 heteroatoms. The van der Waals surface area contributed by atoms with Gasteiger partial charge in [-0.25, -0.2) is 14.2 Å². The van der Waals surface area contributed by atoms with Gasteiger partial charge in [-0.3, -0.25) is 10.2 Å². The number of nitrogens with one attached hydrogen (secondary N) is 2. The lowest BCUT2D eigenvalue weighted by Gasteiger charge is -2.15. The fraction of sp³-hybridized carbons (Fsp3) is 0.364. The van der Waals surface area contributed by atoms with E-state index in [1.807, 2.05) is 0 Å². The van der Waals surface area contributed by atoms with E-state index in [9.17, 15) is 13.6 Å². The Morgan fingerprint density at radius 3 is 2.50 bits per heavy atom. The molecule has 0 bridgehead atoms. The Morgan fingerprint density at radius 1 is 1.31 bits per heavy atom. The second-order valence-corrected chi connectivity index (χ2v) is 3.92. The summed E-state index contributed by atoms with van der Waals surface area (Å²) in [7, 11) is 1.58. The standard InChI is InChI=1S/C11H12F2N2O/c1-14-15-10(16)11(4-5-11)7-2-3-8(12)9(13)6-7/h2-3,6,14H,4-5H2,1H3,(H,15,16). The molecule has 0 unspecified atom stereocenters. The fourth-order valence-electron chi connectivity index (χ4n) is 1.80. The summed E-state index contributed by atoms with van der Waals surface area (Å²) in [5.74, 6) is -2.02. The topological polar surface area (TPSA) is 41.1 Å². The van der Waals surface area contributed by atoms with Gasteiger partial charge in [-0.15, -0.1) is 0 Å². The van der Waals surface area contributed by atoms with Crippen molar-refractivity contribution in [3.05, 3.63) is 35.4 Å². The Balaban J connectivity index is 2.30. The molecular formula is C11H12F2N2O. The van der Waals surface area contributed by atoms with Crippen LogP contribution < -0.4 is 10.9 Å². The number of benzene rings is 1. The third-order valence-corrected chi connectivity index (χ3v) is 2.90. The number of carbonyl (C=O) groups is 1. The molecule has 2 rings (SSSR count). The predicted molar refractivity (Wildman–Crippen MR) is 54.5 cm³/mol. The van der Waals surface area contributed by atoms with Crippen molar-refractivity contribution in [1.29, 1.82) is 0 Å². The van der Waals surface area contributed by atoms with Crippen LogP contribution in [0.2, 0.25) is 0 Å². The molecule has 0 aliphatic heterocycles. The molecule has 3 nitrogen and oxygen atoms in total. The van der Waals surface area contributed by atoms with Gasteiger partial charge in [0.1, 0.15) is 0 Å². The van der Waals surface area contributed by atoms with Gasteiger partial charge < -0.3 is 0 Å². The third-order valence-electron chi connectivity index (χ3n) is 2.90. The molecule has 1 aromatic rings. The van der Waals surface area contributed by atoms with Gasteiger partial charge in [-0.1, -0.05) is 6.07 Å². The molecule has 1 aliphatic rings. The molecule has 16 heavy (non-hydrogen) atoms. The molecule has 0 radical (unpaired) electrons. The number of rotatable bonds is 3. The maximum atomic E-state index is 13.1. The summed E-state index contributed by atoms with van der Waals surface area (Å²) in [6, 6.07) is 3.61. The van der Waals surface area contributed by atoms with Gasteiger partial charge in [-0.05, 0) is 30.5 Å². The Labute approximate surface area is 91.8 Å². The fourth-order valence-corrected chi connectivity index (χ4v) is 1.80. The van der Waals surface area contributed by atoms with Crippen LogP contribution in [0.1, 0.15) is 18.4 Å². The first kappa shape index (κ1) is 11.0. The molecule has 1 aliphatic carbocycles. The number of amides is 1. The summed E-state index contributed by atoms with van der Waals surface area (Å²) < 4.78 is 25.8. The molecule has 1 fully saturated rings. The monoisotopic (exact) mass is 226 g/mol. The predicted octanol–water partition coefficient (Wildman–Crippen LogP) is 1.25. The molecule has 0 atom stereocenters. The zero-order valence-electron chi connectivity index (χ0n) is 8.81. The largest absolute Gasteiger partial charge is 0.291 e. The van der Waals surface area contributed by atoms with E-state index in [0.717, 1.165) is 12.1 Å². The summed E-state index contributed by atoms with van der Waals surface area (Å²) in [5, 5.41) is 0. The van der Waals surface area contributed by atoms with Crippen LogP contribution in [0, 0.1) is 11.6 Å². The van der Waals surface area contributed by atoms with Gasteiger partial charge in [0.05, 0.1) is 5.41 Å². The zero-order chi connectivity index (χ0) is 11.8. The van der Waals surface area contributed by atoms with Gasteiger partial charge in [0.2, 0.25) is 5.91 Å². The molecule has 0 spiro atoms. The first-order valence-electron chi connectivity index (χ1n) is 5.03. The van der Waals surface area contributed by atoms with Crippen LogP contribution >= 0.6 is 0 Å². The molecule has 0 heterocycles. The number of carbonyl (C=O) groups excluding carboxylic acids is 1. The Morgan fingerprint density at radius 2 is 2.00 bits per heavy atom. The van der Waals surface area contributed by atoms with Crippen molar-refractivity contribution in [2.75, 3.05) is 7.05 Å². The van der Waals surface area contributed by atoms with Crippen LogP contribution in [0.5, 0.6) is 0 Å².